The Morgan fingerprint density at radius 2 is 2.22 bits per heavy atom. The van der Waals surface area contributed by atoms with E-state index in [0.29, 0.717) is 19.6 Å². The van der Waals surface area contributed by atoms with Gasteiger partial charge in [0.05, 0.1) is 18.3 Å². The van der Waals surface area contributed by atoms with Gasteiger partial charge in [0, 0.05) is 37.8 Å². The molecular weight excluding hydrogens is 340 g/mol. The molecule has 2 aliphatic rings. The number of nitrogens with zero attached hydrogens (tertiary/aromatic N) is 3. The van der Waals surface area contributed by atoms with Crippen molar-refractivity contribution in [3.8, 4) is 0 Å². The smallest absolute Gasteiger partial charge is 0.318 e. The molecule has 142 valence electrons. The van der Waals surface area contributed by atoms with Crippen molar-refractivity contribution in [2.75, 3.05) is 13.2 Å². The van der Waals surface area contributed by atoms with Crippen LogP contribution in [0.4, 0.5) is 4.79 Å². The number of urea groups is 1. The van der Waals surface area contributed by atoms with Crippen molar-refractivity contribution >= 4 is 6.03 Å². The number of carbonyl (C=O) groups is 1. The Hall–Kier alpha value is -2.47. The fourth-order valence-electron chi connectivity index (χ4n) is 3.80. The van der Waals surface area contributed by atoms with Crippen molar-refractivity contribution in [2.24, 2.45) is 0 Å². The van der Waals surface area contributed by atoms with Gasteiger partial charge in [-0.15, -0.1) is 0 Å². The van der Waals surface area contributed by atoms with Gasteiger partial charge in [0.1, 0.15) is 0 Å². The van der Waals surface area contributed by atoms with Gasteiger partial charge in [0.25, 0.3) is 0 Å². The third kappa shape index (κ3) is 4.63. The standard InChI is InChI=1S/C21H26N4O2/c26-21(24-13-16-11-17-5-3-8-20(17)23-12-16)25(15-19-7-4-10-27-19)14-18-6-1-2-9-22-18/h1-2,6,9,11-12,19H,3-5,7-8,10,13-15H2,(H,24,26)/t19-/m1/s1. The summed E-state index contributed by atoms with van der Waals surface area (Å²) in [6.07, 6.45) is 9.15. The molecule has 2 aromatic heterocycles. The fourth-order valence-corrected chi connectivity index (χ4v) is 3.80. The minimum Gasteiger partial charge on any atom is -0.376 e. The molecule has 6 heteroatoms. The quantitative estimate of drug-likeness (QED) is 0.854. The predicted molar refractivity (Wildman–Crippen MR) is 102 cm³/mol. The summed E-state index contributed by atoms with van der Waals surface area (Å²) < 4.78 is 5.73. The number of fused-ring (bicyclic) bond motifs is 1. The van der Waals surface area contributed by atoms with Crippen molar-refractivity contribution in [3.05, 3.63) is 59.2 Å². The third-order valence-electron chi connectivity index (χ3n) is 5.23. The van der Waals surface area contributed by atoms with Gasteiger partial charge in [-0.3, -0.25) is 9.97 Å². The van der Waals surface area contributed by atoms with Crippen LogP contribution in [0, 0.1) is 0 Å². The normalized spacial score (nSPS) is 18.3. The molecule has 1 aliphatic heterocycles. The Bertz CT molecular complexity index is 775. The van der Waals surface area contributed by atoms with Gasteiger partial charge in [0.2, 0.25) is 0 Å². The van der Waals surface area contributed by atoms with E-state index >= 15 is 0 Å². The number of aryl methyl sites for hydroxylation is 2. The lowest BCUT2D eigenvalue weighted by atomic mass is 10.1. The second kappa shape index (κ2) is 8.48. The van der Waals surface area contributed by atoms with E-state index in [4.69, 9.17) is 4.74 Å². The lowest BCUT2D eigenvalue weighted by molar-refractivity contribution is 0.0791. The van der Waals surface area contributed by atoms with Gasteiger partial charge >= 0.3 is 6.03 Å². The van der Waals surface area contributed by atoms with Crippen molar-refractivity contribution < 1.29 is 9.53 Å². The SMILES string of the molecule is O=C(NCc1cnc2c(c1)CCC2)N(Cc1ccccn1)C[C@H]1CCCO1. The molecule has 0 aromatic carbocycles. The zero-order valence-corrected chi connectivity index (χ0v) is 15.6. The first kappa shape index (κ1) is 17.9. The highest BCUT2D eigenvalue weighted by molar-refractivity contribution is 5.74. The summed E-state index contributed by atoms with van der Waals surface area (Å²) in [6, 6.07) is 7.87. The molecule has 2 amide bonds. The molecule has 6 nitrogen and oxygen atoms in total. The Morgan fingerprint density at radius 1 is 1.26 bits per heavy atom. The number of carbonyl (C=O) groups excluding carboxylic acids is 1. The molecule has 0 radical (unpaired) electrons. The molecule has 0 saturated carbocycles. The van der Waals surface area contributed by atoms with Crippen LogP contribution in [0.15, 0.2) is 36.7 Å². The van der Waals surface area contributed by atoms with Crippen LogP contribution in [-0.2, 0) is 30.7 Å². The maximum Gasteiger partial charge on any atom is 0.318 e. The summed E-state index contributed by atoms with van der Waals surface area (Å²) in [4.78, 5) is 23.6. The molecule has 1 saturated heterocycles. The van der Waals surface area contributed by atoms with E-state index in [1.54, 1.807) is 11.1 Å². The molecule has 2 aromatic rings. The second-order valence-corrected chi connectivity index (χ2v) is 7.30. The summed E-state index contributed by atoms with van der Waals surface area (Å²) in [5.41, 5.74) is 4.47. The first-order valence-corrected chi connectivity index (χ1v) is 9.79. The third-order valence-corrected chi connectivity index (χ3v) is 5.23. The van der Waals surface area contributed by atoms with Gasteiger partial charge in [-0.25, -0.2) is 4.79 Å². The second-order valence-electron chi connectivity index (χ2n) is 7.30. The summed E-state index contributed by atoms with van der Waals surface area (Å²) in [5, 5.41) is 3.05. The number of ether oxygens (including phenoxy) is 1. The molecular formula is C21H26N4O2. The number of hydrogen-bond donors (Lipinski definition) is 1. The topological polar surface area (TPSA) is 67.4 Å². The molecule has 3 heterocycles. The summed E-state index contributed by atoms with van der Waals surface area (Å²) in [6.45, 7) is 2.34. The van der Waals surface area contributed by atoms with Crippen molar-refractivity contribution in [1.82, 2.24) is 20.2 Å². The van der Waals surface area contributed by atoms with E-state index in [1.807, 2.05) is 24.4 Å². The van der Waals surface area contributed by atoms with Gasteiger partial charge in [-0.05, 0) is 55.4 Å². The average Bonchev–Trinajstić information content (AvgIpc) is 3.37. The first-order chi connectivity index (χ1) is 13.3. The number of rotatable bonds is 6. The first-order valence-electron chi connectivity index (χ1n) is 9.79. The van der Waals surface area contributed by atoms with Crippen molar-refractivity contribution in [3.63, 3.8) is 0 Å². The van der Waals surface area contributed by atoms with Crippen LogP contribution < -0.4 is 5.32 Å². The average molecular weight is 366 g/mol. The maximum atomic E-state index is 12.9. The van der Waals surface area contributed by atoms with Gasteiger partial charge in [-0.1, -0.05) is 12.1 Å². The molecule has 0 unspecified atom stereocenters. The number of hydrogen-bond acceptors (Lipinski definition) is 4. The summed E-state index contributed by atoms with van der Waals surface area (Å²) in [7, 11) is 0. The highest BCUT2D eigenvalue weighted by Crippen LogP contribution is 2.20. The van der Waals surface area contributed by atoms with Crippen LogP contribution in [0.2, 0.25) is 0 Å². The zero-order valence-electron chi connectivity index (χ0n) is 15.6. The van der Waals surface area contributed by atoms with Gasteiger partial charge in [-0.2, -0.15) is 0 Å². The number of amides is 2. The molecule has 0 bridgehead atoms. The Kier molecular flexibility index (Phi) is 5.63. The van der Waals surface area contributed by atoms with E-state index < -0.39 is 0 Å². The minimum atomic E-state index is -0.0864. The monoisotopic (exact) mass is 366 g/mol. The van der Waals surface area contributed by atoms with E-state index in [0.717, 1.165) is 43.5 Å². The molecule has 27 heavy (non-hydrogen) atoms. The Labute approximate surface area is 160 Å². The number of pyridine rings is 2. The van der Waals surface area contributed by atoms with E-state index in [1.165, 1.54) is 17.7 Å². The number of aromatic nitrogens is 2. The highest BCUT2D eigenvalue weighted by Gasteiger charge is 2.23. The highest BCUT2D eigenvalue weighted by atomic mass is 16.5. The molecule has 1 atom stereocenters. The molecule has 4 rings (SSSR count). The fraction of sp³-hybridized carbons (Fsp3) is 0.476. The van der Waals surface area contributed by atoms with Crippen molar-refractivity contribution in [1.29, 1.82) is 0 Å². The van der Waals surface area contributed by atoms with E-state index in [-0.39, 0.29) is 12.1 Å². The van der Waals surface area contributed by atoms with Crippen LogP contribution >= 0.6 is 0 Å². The largest absolute Gasteiger partial charge is 0.376 e. The minimum absolute atomic E-state index is 0.0864. The lowest BCUT2D eigenvalue weighted by Crippen LogP contribution is -2.43. The molecule has 1 aliphatic carbocycles. The van der Waals surface area contributed by atoms with Crippen LogP contribution in [-0.4, -0.2) is 40.2 Å². The predicted octanol–water partition coefficient (Wildman–Crippen LogP) is 2.86. The van der Waals surface area contributed by atoms with Crippen LogP contribution in [0.5, 0.6) is 0 Å². The molecule has 1 fully saturated rings. The molecule has 0 spiro atoms. The van der Waals surface area contributed by atoms with Crippen LogP contribution in [0.1, 0.15) is 41.8 Å². The molecule has 1 N–H and O–H groups in total. The Balaban J connectivity index is 1.39. The van der Waals surface area contributed by atoms with Crippen molar-refractivity contribution in [2.45, 2.75) is 51.3 Å². The van der Waals surface area contributed by atoms with Crippen LogP contribution in [0.25, 0.3) is 0 Å². The number of nitrogens with one attached hydrogen (secondary N) is 1. The van der Waals surface area contributed by atoms with Gasteiger partial charge in [0.15, 0.2) is 0 Å². The summed E-state index contributed by atoms with van der Waals surface area (Å²) in [5.74, 6) is 0. The van der Waals surface area contributed by atoms with Gasteiger partial charge < -0.3 is 15.0 Å². The van der Waals surface area contributed by atoms with E-state index in [9.17, 15) is 4.79 Å². The van der Waals surface area contributed by atoms with Crippen LogP contribution in [0.3, 0.4) is 0 Å². The maximum absolute atomic E-state index is 12.9. The Morgan fingerprint density at radius 3 is 3.04 bits per heavy atom. The lowest BCUT2D eigenvalue weighted by Gasteiger charge is -2.25. The van der Waals surface area contributed by atoms with E-state index in [2.05, 4.69) is 21.4 Å². The summed E-state index contributed by atoms with van der Waals surface area (Å²) >= 11 is 0. The zero-order chi connectivity index (χ0) is 18.5.